The van der Waals surface area contributed by atoms with Crippen LogP contribution < -0.4 is 4.90 Å². The van der Waals surface area contributed by atoms with Gasteiger partial charge in [0, 0.05) is 37.6 Å². The number of Topliss-reactive ketones (excluding diaryl/α,β-unsaturated/α-hetero) is 1. The number of ketones is 1. The van der Waals surface area contributed by atoms with Gasteiger partial charge in [-0.1, -0.05) is 0 Å². The average Bonchev–Trinajstić information content (AvgIpc) is 2.43. The smallest absolute Gasteiger partial charge is 0.159 e. The van der Waals surface area contributed by atoms with Crippen LogP contribution in [0.25, 0.3) is 0 Å². The number of aryl methyl sites for hydroxylation is 1. The maximum absolute atomic E-state index is 11.4. The number of hydrogen-bond donors (Lipinski definition) is 0. The Morgan fingerprint density at radius 2 is 2.26 bits per heavy atom. The lowest BCUT2D eigenvalue weighted by molar-refractivity contribution is 0.101. The normalized spacial score (nSPS) is 14.3. The largest absolute Gasteiger partial charge is 0.382 e. The Morgan fingerprint density at radius 1 is 1.42 bits per heavy atom. The van der Waals surface area contributed by atoms with E-state index in [0.29, 0.717) is 0 Å². The zero-order valence-corrected chi connectivity index (χ0v) is 11.9. The molecule has 0 aliphatic carbocycles. The van der Waals surface area contributed by atoms with Crippen LogP contribution in [0.5, 0.6) is 0 Å². The summed E-state index contributed by atoms with van der Waals surface area (Å²) in [5.74, 6) is 0.149. The highest BCUT2D eigenvalue weighted by Gasteiger charge is 2.17. The second-order valence-corrected chi connectivity index (χ2v) is 5.04. The maximum atomic E-state index is 11.4. The molecule has 104 valence electrons. The molecule has 0 radical (unpaired) electrons. The highest BCUT2D eigenvalue weighted by Crippen LogP contribution is 2.28. The molecule has 0 bridgehead atoms. The molecule has 1 aliphatic rings. The minimum Gasteiger partial charge on any atom is -0.382 e. The molecular weight excluding hydrogens is 238 g/mol. The topological polar surface area (TPSA) is 29.5 Å². The number of benzene rings is 1. The zero-order valence-electron chi connectivity index (χ0n) is 11.9. The summed E-state index contributed by atoms with van der Waals surface area (Å²) in [4.78, 5) is 13.8. The van der Waals surface area contributed by atoms with Crippen LogP contribution in [-0.2, 0) is 11.2 Å². The van der Waals surface area contributed by atoms with Gasteiger partial charge < -0.3 is 9.64 Å². The molecule has 0 saturated carbocycles. The SMILES string of the molecule is CCOCCCN1CCCc2cc(C(C)=O)ccc21. The van der Waals surface area contributed by atoms with Crippen molar-refractivity contribution in [3.63, 3.8) is 0 Å². The molecule has 0 atom stereocenters. The lowest BCUT2D eigenvalue weighted by atomic mass is 9.98. The highest BCUT2D eigenvalue weighted by molar-refractivity contribution is 5.94. The Bertz CT molecular complexity index is 442. The minimum absolute atomic E-state index is 0.149. The fourth-order valence-corrected chi connectivity index (χ4v) is 2.63. The zero-order chi connectivity index (χ0) is 13.7. The van der Waals surface area contributed by atoms with Gasteiger partial charge in [-0.15, -0.1) is 0 Å². The standard InChI is InChI=1S/C16H23NO2/c1-3-19-11-5-10-17-9-4-6-15-12-14(13(2)18)7-8-16(15)17/h7-8,12H,3-6,9-11H2,1-2H3. The summed E-state index contributed by atoms with van der Waals surface area (Å²) in [6, 6.07) is 6.11. The summed E-state index contributed by atoms with van der Waals surface area (Å²) in [5, 5.41) is 0. The lowest BCUT2D eigenvalue weighted by Crippen LogP contribution is -2.31. The number of carbonyl (C=O) groups is 1. The number of anilines is 1. The summed E-state index contributed by atoms with van der Waals surface area (Å²) in [6.45, 7) is 7.42. The van der Waals surface area contributed by atoms with Gasteiger partial charge in [0.1, 0.15) is 0 Å². The van der Waals surface area contributed by atoms with Gasteiger partial charge in [-0.05, 0) is 56.9 Å². The van der Waals surface area contributed by atoms with Crippen LogP contribution in [0, 0.1) is 0 Å². The van der Waals surface area contributed by atoms with E-state index in [9.17, 15) is 4.79 Å². The van der Waals surface area contributed by atoms with Gasteiger partial charge in [0.25, 0.3) is 0 Å². The van der Waals surface area contributed by atoms with Crippen LogP contribution in [0.15, 0.2) is 18.2 Å². The molecule has 1 aliphatic heterocycles. The molecule has 0 N–H and O–H groups in total. The molecule has 0 aromatic heterocycles. The number of rotatable bonds is 6. The van der Waals surface area contributed by atoms with E-state index in [4.69, 9.17) is 4.74 Å². The van der Waals surface area contributed by atoms with Crippen LogP contribution in [-0.4, -0.2) is 32.1 Å². The van der Waals surface area contributed by atoms with Crippen LogP contribution >= 0.6 is 0 Å². The van der Waals surface area contributed by atoms with E-state index >= 15 is 0 Å². The minimum atomic E-state index is 0.149. The quantitative estimate of drug-likeness (QED) is 0.582. The second kappa shape index (κ2) is 6.71. The fourth-order valence-electron chi connectivity index (χ4n) is 2.63. The molecule has 0 fully saturated rings. The van der Waals surface area contributed by atoms with Crippen LogP contribution in [0.3, 0.4) is 0 Å². The van der Waals surface area contributed by atoms with E-state index in [1.54, 1.807) is 6.92 Å². The molecule has 3 heteroatoms. The maximum Gasteiger partial charge on any atom is 0.159 e. The summed E-state index contributed by atoms with van der Waals surface area (Å²) in [7, 11) is 0. The van der Waals surface area contributed by atoms with Gasteiger partial charge in [-0.2, -0.15) is 0 Å². The first-order valence-electron chi connectivity index (χ1n) is 7.19. The van der Waals surface area contributed by atoms with Gasteiger partial charge in [0.15, 0.2) is 5.78 Å². The molecule has 0 spiro atoms. The van der Waals surface area contributed by atoms with Crippen molar-refractivity contribution >= 4 is 11.5 Å². The predicted molar refractivity (Wildman–Crippen MR) is 78.1 cm³/mol. The molecule has 3 nitrogen and oxygen atoms in total. The first-order chi connectivity index (χ1) is 9.22. The molecule has 1 aromatic rings. The summed E-state index contributed by atoms with van der Waals surface area (Å²) >= 11 is 0. The number of fused-ring (bicyclic) bond motifs is 1. The van der Waals surface area contributed by atoms with Gasteiger partial charge in [0.05, 0.1) is 0 Å². The van der Waals surface area contributed by atoms with E-state index < -0.39 is 0 Å². The Morgan fingerprint density at radius 3 is 3.00 bits per heavy atom. The third kappa shape index (κ3) is 3.57. The Labute approximate surface area is 115 Å². The van der Waals surface area contributed by atoms with Crippen molar-refractivity contribution in [2.24, 2.45) is 0 Å². The van der Waals surface area contributed by atoms with Crippen molar-refractivity contribution in [3.05, 3.63) is 29.3 Å². The van der Waals surface area contributed by atoms with Crippen molar-refractivity contribution in [1.82, 2.24) is 0 Å². The van der Waals surface area contributed by atoms with Crippen molar-refractivity contribution in [2.45, 2.75) is 33.1 Å². The molecule has 0 amide bonds. The number of nitrogens with zero attached hydrogens (tertiary/aromatic N) is 1. The Kier molecular flexibility index (Phi) is 4.97. The van der Waals surface area contributed by atoms with Crippen LogP contribution in [0.1, 0.15) is 42.6 Å². The number of hydrogen-bond acceptors (Lipinski definition) is 3. The first kappa shape index (κ1) is 14.1. The fraction of sp³-hybridized carbons (Fsp3) is 0.562. The van der Waals surface area contributed by atoms with E-state index in [1.165, 1.54) is 17.7 Å². The molecular formula is C16H23NO2. The predicted octanol–water partition coefficient (Wildman–Crippen LogP) is 3.07. The summed E-state index contributed by atoms with van der Waals surface area (Å²) in [5.41, 5.74) is 3.44. The second-order valence-electron chi connectivity index (χ2n) is 5.04. The van der Waals surface area contributed by atoms with E-state index in [0.717, 1.165) is 44.7 Å². The van der Waals surface area contributed by atoms with E-state index in [1.807, 2.05) is 13.0 Å². The van der Waals surface area contributed by atoms with Crippen molar-refractivity contribution < 1.29 is 9.53 Å². The van der Waals surface area contributed by atoms with Crippen LogP contribution in [0.2, 0.25) is 0 Å². The lowest BCUT2D eigenvalue weighted by Gasteiger charge is -2.31. The van der Waals surface area contributed by atoms with Crippen molar-refractivity contribution in [2.75, 3.05) is 31.2 Å². The van der Waals surface area contributed by atoms with Gasteiger partial charge >= 0.3 is 0 Å². The molecule has 0 saturated heterocycles. The molecule has 19 heavy (non-hydrogen) atoms. The van der Waals surface area contributed by atoms with E-state index in [-0.39, 0.29) is 5.78 Å². The summed E-state index contributed by atoms with van der Waals surface area (Å²) in [6.07, 6.45) is 3.31. The highest BCUT2D eigenvalue weighted by atomic mass is 16.5. The molecule has 1 heterocycles. The van der Waals surface area contributed by atoms with Gasteiger partial charge in [-0.25, -0.2) is 0 Å². The molecule has 0 unspecified atom stereocenters. The summed E-state index contributed by atoms with van der Waals surface area (Å²) < 4.78 is 5.39. The average molecular weight is 261 g/mol. The van der Waals surface area contributed by atoms with Gasteiger partial charge in [0.2, 0.25) is 0 Å². The third-order valence-electron chi connectivity index (χ3n) is 3.62. The third-order valence-corrected chi connectivity index (χ3v) is 3.62. The Balaban J connectivity index is 2.04. The van der Waals surface area contributed by atoms with Gasteiger partial charge in [-0.3, -0.25) is 4.79 Å². The number of ether oxygens (including phenoxy) is 1. The monoisotopic (exact) mass is 261 g/mol. The molecule has 2 rings (SSSR count). The van der Waals surface area contributed by atoms with Crippen LogP contribution in [0.4, 0.5) is 5.69 Å². The van der Waals surface area contributed by atoms with Crippen molar-refractivity contribution in [1.29, 1.82) is 0 Å². The van der Waals surface area contributed by atoms with E-state index in [2.05, 4.69) is 17.0 Å². The van der Waals surface area contributed by atoms with Crippen molar-refractivity contribution in [3.8, 4) is 0 Å². The Hall–Kier alpha value is -1.35. The number of carbonyl (C=O) groups excluding carboxylic acids is 1. The molecule has 1 aromatic carbocycles. The first-order valence-corrected chi connectivity index (χ1v) is 7.19.